The fourth-order valence-corrected chi connectivity index (χ4v) is 1.44. The van der Waals surface area contributed by atoms with Gasteiger partial charge in [-0.3, -0.25) is 4.79 Å². The predicted octanol–water partition coefficient (Wildman–Crippen LogP) is 0.951. The molecule has 0 aliphatic rings. The lowest BCUT2D eigenvalue weighted by Gasteiger charge is -2.04. The van der Waals surface area contributed by atoms with Gasteiger partial charge < -0.3 is 4.57 Å². The Morgan fingerprint density at radius 2 is 2.27 bits per heavy atom. The van der Waals surface area contributed by atoms with Gasteiger partial charge in [-0.1, -0.05) is 0 Å². The van der Waals surface area contributed by atoms with Crippen LogP contribution in [0, 0.1) is 13.3 Å². The molecule has 2 heterocycles. The first-order chi connectivity index (χ1) is 7.18. The molecule has 0 spiro atoms. The second-order valence-electron chi connectivity index (χ2n) is 3.37. The quantitative estimate of drug-likeness (QED) is 0.688. The lowest BCUT2D eigenvalue weighted by Crippen LogP contribution is -2.18. The Labute approximate surface area is 87.2 Å². The summed E-state index contributed by atoms with van der Waals surface area (Å²) in [6, 6.07) is 3.61. The number of aromatic nitrogens is 3. The van der Waals surface area contributed by atoms with E-state index in [4.69, 9.17) is 0 Å². The molecule has 2 aromatic heterocycles. The van der Waals surface area contributed by atoms with Crippen LogP contribution in [0.1, 0.15) is 5.56 Å². The molecule has 0 saturated carbocycles. The van der Waals surface area contributed by atoms with Gasteiger partial charge in [0.1, 0.15) is 0 Å². The number of pyridine rings is 1. The van der Waals surface area contributed by atoms with Crippen molar-refractivity contribution in [3.8, 4) is 11.3 Å². The highest BCUT2D eigenvalue weighted by Gasteiger charge is 2.03. The summed E-state index contributed by atoms with van der Waals surface area (Å²) in [7, 11) is 1.73. The monoisotopic (exact) mass is 200 g/mol. The SMILES string of the molecule is Cc1cc(-c2ccn[c]n2)cn(C)c1=O. The van der Waals surface area contributed by atoms with Crippen molar-refractivity contribution in [2.75, 3.05) is 0 Å². The summed E-state index contributed by atoms with van der Waals surface area (Å²) in [6.07, 6.45) is 5.91. The molecular weight excluding hydrogens is 190 g/mol. The molecule has 0 fully saturated rings. The Bertz CT molecular complexity index is 505. The van der Waals surface area contributed by atoms with Crippen LogP contribution < -0.4 is 5.56 Å². The fourth-order valence-electron chi connectivity index (χ4n) is 1.44. The first-order valence-electron chi connectivity index (χ1n) is 4.55. The molecule has 1 radical (unpaired) electrons. The first kappa shape index (κ1) is 9.58. The van der Waals surface area contributed by atoms with Crippen LogP contribution in [-0.4, -0.2) is 14.5 Å². The molecule has 0 N–H and O–H groups in total. The third-order valence-electron chi connectivity index (χ3n) is 2.19. The van der Waals surface area contributed by atoms with Crippen molar-refractivity contribution in [3.05, 3.63) is 46.8 Å². The summed E-state index contributed by atoms with van der Waals surface area (Å²) in [6.45, 7) is 1.79. The van der Waals surface area contributed by atoms with Crippen LogP contribution in [0.3, 0.4) is 0 Å². The second-order valence-corrected chi connectivity index (χ2v) is 3.37. The number of aryl methyl sites for hydroxylation is 2. The van der Waals surface area contributed by atoms with Crippen LogP contribution in [-0.2, 0) is 7.05 Å². The summed E-state index contributed by atoms with van der Waals surface area (Å²) in [5.41, 5.74) is 2.38. The number of nitrogens with zero attached hydrogens (tertiary/aromatic N) is 3. The second kappa shape index (κ2) is 3.65. The van der Waals surface area contributed by atoms with Crippen molar-refractivity contribution in [2.24, 2.45) is 7.05 Å². The highest BCUT2D eigenvalue weighted by molar-refractivity contribution is 5.57. The summed E-state index contributed by atoms with van der Waals surface area (Å²) in [4.78, 5) is 19.2. The lowest BCUT2D eigenvalue weighted by atomic mass is 10.1. The van der Waals surface area contributed by atoms with Gasteiger partial charge in [0.25, 0.3) is 5.56 Å². The summed E-state index contributed by atoms with van der Waals surface area (Å²) >= 11 is 0. The molecule has 0 aliphatic heterocycles. The van der Waals surface area contributed by atoms with E-state index >= 15 is 0 Å². The van der Waals surface area contributed by atoms with Gasteiger partial charge in [-0.15, -0.1) is 0 Å². The van der Waals surface area contributed by atoms with E-state index in [2.05, 4.69) is 16.3 Å². The van der Waals surface area contributed by atoms with Crippen molar-refractivity contribution < 1.29 is 0 Å². The molecule has 2 aromatic rings. The van der Waals surface area contributed by atoms with Gasteiger partial charge in [0.2, 0.25) is 0 Å². The largest absolute Gasteiger partial charge is 0.318 e. The molecule has 4 heteroatoms. The molecule has 0 atom stereocenters. The maximum atomic E-state index is 11.5. The van der Waals surface area contributed by atoms with Crippen molar-refractivity contribution >= 4 is 0 Å². The van der Waals surface area contributed by atoms with E-state index in [-0.39, 0.29) is 5.56 Å². The van der Waals surface area contributed by atoms with Crippen LogP contribution in [0.5, 0.6) is 0 Å². The van der Waals surface area contributed by atoms with Crippen LogP contribution in [0.4, 0.5) is 0 Å². The normalized spacial score (nSPS) is 10.3. The van der Waals surface area contributed by atoms with Gasteiger partial charge in [0, 0.05) is 30.6 Å². The Kier molecular flexibility index (Phi) is 2.33. The number of hydrogen-bond donors (Lipinski definition) is 0. The minimum atomic E-state index is 0.0109. The van der Waals surface area contributed by atoms with E-state index in [9.17, 15) is 4.79 Å². The van der Waals surface area contributed by atoms with Gasteiger partial charge in [0.05, 0.1) is 5.69 Å². The van der Waals surface area contributed by atoms with E-state index in [0.717, 1.165) is 11.3 Å². The molecule has 0 aromatic carbocycles. The summed E-state index contributed by atoms with van der Waals surface area (Å²) in [5.74, 6) is 0. The fraction of sp³-hybridized carbons (Fsp3) is 0.182. The molecule has 4 nitrogen and oxygen atoms in total. The molecule has 15 heavy (non-hydrogen) atoms. The third kappa shape index (κ3) is 1.79. The minimum absolute atomic E-state index is 0.0109. The number of hydrogen-bond acceptors (Lipinski definition) is 3. The Morgan fingerprint density at radius 1 is 1.47 bits per heavy atom. The average molecular weight is 200 g/mol. The molecule has 0 aliphatic carbocycles. The van der Waals surface area contributed by atoms with Gasteiger partial charge in [-0.25, -0.2) is 9.97 Å². The van der Waals surface area contributed by atoms with Gasteiger partial charge in [-0.2, -0.15) is 0 Å². The molecule has 0 bridgehead atoms. The molecule has 75 valence electrons. The van der Waals surface area contributed by atoms with E-state index < -0.39 is 0 Å². The van der Waals surface area contributed by atoms with Gasteiger partial charge in [-0.05, 0) is 19.1 Å². The van der Waals surface area contributed by atoms with E-state index in [1.54, 1.807) is 37.0 Å². The molecule has 0 unspecified atom stereocenters. The Balaban J connectivity index is 2.61. The molecule has 0 amide bonds. The van der Waals surface area contributed by atoms with E-state index in [1.807, 2.05) is 6.07 Å². The standard InChI is InChI=1S/C11H10N3O/c1-8-5-9(6-14(2)11(8)15)10-3-4-12-7-13-10/h3-6H,1-2H3. The Morgan fingerprint density at radius 3 is 2.87 bits per heavy atom. The number of rotatable bonds is 1. The van der Waals surface area contributed by atoms with Crippen LogP contribution in [0.2, 0.25) is 0 Å². The maximum Gasteiger partial charge on any atom is 0.253 e. The van der Waals surface area contributed by atoms with Crippen molar-refractivity contribution in [2.45, 2.75) is 6.92 Å². The zero-order valence-electron chi connectivity index (χ0n) is 8.56. The van der Waals surface area contributed by atoms with Crippen molar-refractivity contribution in [3.63, 3.8) is 0 Å². The van der Waals surface area contributed by atoms with E-state index in [0.29, 0.717) is 5.56 Å². The zero-order valence-corrected chi connectivity index (χ0v) is 8.56. The van der Waals surface area contributed by atoms with Crippen molar-refractivity contribution in [1.82, 2.24) is 14.5 Å². The van der Waals surface area contributed by atoms with Crippen LogP contribution in [0.25, 0.3) is 11.3 Å². The maximum absolute atomic E-state index is 11.5. The summed E-state index contributed by atoms with van der Waals surface area (Å²) < 4.78 is 1.55. The van der Waals surface area contributed by atoms with Gasteiger partial charge in [0.15, 0.2) is 6.33 Å². The Hall–Kier alpha value is -1.97. The summed E-state index contributed by atoms with van der Waals surface area (Å²) in [5, 5.41) is 0. The average Bonchev–Trinajstić information content (AvgIpc) is 2.26. The predicted molar refractivity (Wildman–Crippen MR) is 56.3 cm³/mol. The zero-order chi connectivity index (χ0) is 10.8. The highest BCUT2D eigenvalue weighted by Crippen LogP contribution is 2.14. The first-order valence-corrected chi connectivity index (χ1v) is 4.55. The van der Waals surface area contributed by atoms with Crippen molar-refractivity contribution in [1.29, 1.82) is 0 Å². The van der Waals surface area contributed by atoms with E-state index in [1.165, 1.54) is 0 Å². The molecular formula is C11H10N3O. The smallest absolute Gasteiger partial charge is 0.253 e. The minimum Gasteiger partial charge on any atom is -0.318 e. The highest BCUT2D eigenvalue weighted by atomic mass is 16.1. The third-order valence-corrected chi connectivity index (χ3v) is 2.19. The molecule has 2 rings (SSSR count). The molecule has 0 saturated heterocycles. The van der Waals surface area contributed by atoms with Crippen LogP contribution >= 0.6 is 0 Å². The van der Waals surface area contributed by atoms with Gasteiger partial charge >= 0.3 is 0 Å². The topological polar surface area (TPSA) is 47.8 Å². The van der Waals surface area contributed by atoms with Crippen LogP contribution in [0.15, 0.2) is 29.3 Å². The lowest BCUT2D eigenvalue weighted by molar-refractivity contribution is 0.849.